The van der Waals surface area contributed by atoms with Gasteiger partial charge in [-0.05, 0) is 30.9 Å². The number of nitrogens with two attached hydrogens (primary N) is 1. The molecule has 2 amide bonds. The standard InChI is InChI=1S/C21H23N3O3S2/c1-2-13-5-3-7-16-14(10-23(19(13)16)12-18(22)25)9-17-20(26)24(21(28)29-17)11-15-6-4-8-27-15/h3,5,7,9-10,15H,2,4,6,8,11-12H2,1H3,(H2,22,25)/b17-9-/t15-/m1/s1. The number of hydrogen-bond donors (Lipinski definition) is 1. The van der Waals surface area contributed by atoms with E-state index in [2.05, 4.69) is 6.92 Å². The lowest BCUT2D eigenvalue weighted by molar-refractivity contribution is -0.123. The van der Waals surface area contributed by atoms with Gasteiger partial charge in [-0.15, -0.1) is 0 Å². The van der Waals surface area contributed by atoms with Gasteiger partial charge in [0.2, 0.25) is 5.91 Å². The molecule has 3 heterocycles. The molecule has 0 spiro atoms. The average Bonchev–Trinajstić information content (AvgIpc) is 3.38. The molecule has 1 aromatic heterocycles. The van der Waals surface area contributed by atoms with Gasteiger partial charge in [0.05, 0.1) is 23.1 Å². The van der Waals surface area contributed by atoms with Gasteiger partial charge in [0.25, 0.3) is 5.91 Å². The van der Waals surface area contributed by atoms with Gasteiger partial charge in [0.1, 0.15) is 10.9 Å². The summed E-state index contributed by atoms with van der Waals surface area (Å²) in [5.41, 5.74) is 8.45. The maximum atomic E-state index is 13.0. The molecule has 0 unspecified atom stereocenters. The number of ether oxygens (including phenoxy) is 1. The third-order valence-electron chi connectivity index (χ3n) is 5.29. The van der Waals surface area contributed by atoms with Crippen molar-refractivity contribution in [3.05, 3.63) is 40.4 Å². The summed E-state index contributed by atoms with van der Waals surface area (Å²) in [4.78, 5) is 26.8. The van der Waals surface area contributed by atoms with Crippen molar-refractivity contribution in [2.24, 2.45) is 5.73 Å². The van der Waals surface area contributed by atoms with Crippen LogP contribution in [0, 0.1) is 0 Å². The maximum absolute atomic E-state index is 13.0. The van der Waals surface area contributed by atoms with Crippen LogP contribution in [0.4, 0.5) is 0 Å². The third-order valence-corrected chi connectivity index (χ3v) is 6.67. The molecule has 0 aliphatic carbocycles. The van der Waals surface area contributed by atoms with Crippen LogP contribution in [-0.4, -0.2) is 44.9 Å². The predicted octanol–water partition coefficient (Wildman–Crippen LogP) is 3.07. The van der Waals surface area contributed by atoms with Crippen LogP contribution in [0.1, 0.15) is 30.9 Å². The molecule has 4 rings (SSSR count). The highest BCUT2D eigenvalue weighted by Crippen LogP contribution is 2.35. The zero-order valence-corrected chi connectivity index (χ0v) is 17.9. The number of carbonyl (C=O) groups excluding carboxylic acids is 2. The van der Waals surface area contributed by atoms with Crippen molar-refractivity contribution in [3.8, 4) is 0 Å². The van der Waals surface area contributed by atoms with Crippen LogP contribution in [0.15, 0.2) is 29.3 Å². The fraction of sp³-hybridized carbons (Fsp3) is 0.381. The molecule has 152 valence electrons. The van der Waals surface area contributed by atoms with Crippen LogP contribution in [0.25, 0.3) is 17.0 Å². The number of thiocarbonyl (C=S) groups is 1. The Kier molecular flexibility index (Phi) is 5.76. The quantitative estimate of drug-likeness (QED) is 0.564. The molecular formula is C21H23N3O3S2. The van der Waals surface area contributed by atoms with Crippen LogP contribution in [0.3, 0.4) is 0 Å². The molecule has 0 radical (unpaired) electrons. The number of amides is 2. The third kappa shape index (κ3) is 3.97. The molecule has 8 heteroatoms. The minimum Gasteiger partial charge on any atom is -0.376 e. The fourth-order valence-electron chi connectivity index (χ4n) is 3.95. The molecule has 2 aliphatic heterocycles. The summed E-state index contributed by atoms with van der Waals surface area (Å²) in [6, 6.07) is 6.05. The topological polar surface area (TPSA) is 77.6 Å². The lowest BCUT2D eigenvalue weighted by atomic mass is 10.1. The number of nitrogens with zero attached hydrogens (tertiary/aromatic N) is 2. The first-order valence-corrected chi connectivity index (χ1v) is 11.0. The number of benzene rings is 1. The lowest BCUT2D eigenvalue weighted by Gasteiger charge is -2.18. The molecule has 29 heavy (non-hydrogen) atoms. The molecule has 0 bridgehead atoms. The van der Waals surface area contributed by atoms with Crippen molar-refractivity contribution in [1.82, 2.24) is 9.47 Å². The van der Waals surface area contributed by atoms with Crippen molar-refractivity contribution >= 4 is 57.1 Å². The largest absolute Gasteiger partial charge is 0.376 e. The van der Waals surface area contributed by atoms with E-state index in [0.717, 1.165) is 47.9 Å². The first kappa shape index (κ1) is 20.1. The highest BCUT2D eigenvalue weighted by molar-refractivity contribution is 8.26. The van der Waals surface area contributed by atoms with E-state index >= 15 is 0 Å². The van der Waals surface area contributed by atoms with Crippen molar-refractivity contribution in [1.29, 1.82) is 0 Å². The van der Waals surface area contributed by atoms with Crippen molar-refractivity contribution in [3.63, 3.8) is 0 Å². The average molecular weight is 430 g/mol. The summed E-state index contributed by atoms with van der Waals surface area (Å²) < 4.78 is 8.09. The van der Waals surface area contributed by atoms with E-state index in [9.17, 15) is 9.59 Å². The van der Waals surface area contributed by atoms with E-state index in [0.29, 0.717) is 15.8 Å². The number of rotatable bonds is 6. The van der Waals surface area contributed by atoms with Gasteiger partial charge in [-0.3, -0.25) is 14.5 Å². The normalized spacial score (nSPS) is 21.1. The summed E-state index contributed by atoms with van der Waals surface area (Å²) >= 11 is 6.76. The zero-order chi connectivity index (χ0) is 20.5. The molecule has 2 N–H and O–H groups in total. The first-order chi connectivity index (χ1) is 14.0. The second kappa shape index (κ2) is 8.30. The number of thioether (sulfide) groups is 1. The van der Waals surface area contributed by atoms with E-state index in [-0.39, 0.29) is 18.6 Å². The number of aryl methyl sites for hydroxylation is 1. The number of primary amides is 1. The summed E-state index contributed by atoms with van der Waals surface area (Å²) in [5, 5.41) is 0.995. The van der Waals surface area contributed by atoms with Gasteiger partial charge in [-0.1, -0.05) is 49.1 Å². The van der Waals surface area contributed by atoms with E-state index in [1.807, 2.05) is 35.0 Å². The first-order valence-electron chi connectivity index (χ1n) is 9.74. The second-order valence-corrected chi connectivity index (χ2v) is 8.95. The highest BCUT2D eigenvalue weighted by Gasteiger charge is 2.34. The Morgan fingerprint density at radius 1 is 1.45 bits per heavy atom. The number of fused-ring (bicyclic) bond motifs is 1. The van der Waals surface area contributed by atoms with Crippen LogP contribution in [-0.2, 0) is 27.3 Å². The van der Waals surface area contributed by atoms with E-state index in [1.54, 1.807) is 4.90 Å². The smallest absolute Gasteiger partial charge is 0.266 e. The summed E-state index contributed by atoms with van der Waals surface area (Å²) in [5.74, 6) is -0.486. The fourth-order valence-corrected chi connectivity index (χ4v) is 5.21. The molecule has 0 saturated carbocycles. The lowest BCUT2D eigenvalue weighted by Crippen LogP contribution is -2.35. The Balaban J connectivity index is 1.69. The van der Waals surface area contributed by atoms with Gasteiger partial charge in [0.15, 0.2) is 0 Å². The van der Waals surface area contributed by atoms with Crippen LogP contribution in [0.5, 0.6) is 0 Å². The summed E-state index contributed by atoms with van der Waals surface area (Å²) in [6.45, 7) is 3.42. The molecule has 1 atom stereocenters. The van der Waals surface area contributed by atoms with Crippen LogP contribution in [0.2, 0.25) is 0 Å². The number of para-hydroxylation sites is 1. The van der Waals surface area contributed by atoms with E-state index in [1.165, 1.54) is 11.8 Å². The minimum absolute atomic E-state index is 0.0569. The van der Waals surface area contributed by atoms with Gasteiger partial charge >= 0.3 is 0 Å². The van der Waals surface area contributed by atoms with Crippen molar-refractivity contribution < 1.29 is 14.3 Å². The van der Waals surface area contributed by atoms with E-state index in [4.69, 9.17) is 22.7 Å². The molecule has 6 nitrogen and oxygen atoms in total. The second-order valence-electron chi connectivity index (χ2n) is 7.27. The Labute approximate surface area is 179 Å². The summed E-state index contributed by atoms with van der Waals surface area (Å²) in [7, 11) is 0. The number of carbonyl (C=O) groups is 2. The maximum Gasteiger partial charge on any atom is 0.266 e. The SMILES string of the molecule is CCc1cccc2c(/C=C3\SC(=S)N(C[C@H]4CCCO4)C3=O)cn(CC(N)=O)c12. The molecule has 2 aromatic rings. The Bertz CT molecular complexity index is 1020. The Morgan fingerprint density at radius 3 is 2.97 bits per heavy atom. The van der Waals surface area contributed by atoms with Crippen molar-refractivity contribution in [2.75, 3.05) is 13.2 Å². The van der Waals surface area contributed by atoms with Gasteiger partial charge in [-0.2, -0.15) is 0 Å². The molecule has 2 fully saturated rings. The Morgan fingerprint density at radius 2 is 2.28 bits per heavy atom. The highest BCUT2D eigenvalue weighted by atomic mass is 32.2. The van der Waals surface area contributed by atoms with E-state index < -0.39 is 5.91 Å². The van der Waals surface area contributed by atoms with Crippen LogP contribution >= 0.6 is 24.0 Å². The minimum atomic E-state index is -0.401. The molecule has 1 aromatic carbocycles. The zero-order valence-electron chi connectivity index (χ0n) is 16.2. The van der Waals surface area contributed by atoms with Crippen LogP contribution < -0.4 is 5.73 Å². The van der Waals surface area contributed by atoms with Gasteiger partial charge in [-0.25, -0.2) is 0 Å². The van der Waals surface area contributed by atoms with Crippen molar-refractivity contribution in [2.45, 2.75) is 38.8 Å². The summed E-state index contributed by atoms with van der Waals surface area (Å²) in [6.07, 6.45) is 6.63. The van der Waals surface area contributed by atoms with Gasteiger partial charge < -0.3 is 15.0 Å². The molecule has 2 aliphatic rings. The monoisotopic (exact) mass is 429 g/mol. The number of aromatic nitrogens is 1. The molecular weight excluding hydrogens is 406 g/mol. The molecule has 2 saturated heterocycles. The Hall–Kier alpha value is -2.16. The number of hydrogen-bond acceptors (Lipinski definition) is 5. The predicted molar refractivity (Wildman–Crippen MR) is 119 cm³/mol. The van der Waals surface area contributed by atoms with Gasteiger partial charge in [0, 0.05) is 23.8 Å².